The van der Waals surface area contributed by atoms with Crippen molar-refractivity contribution in [1.29, 1.82) is 0 Å². The van der Waals surface area contributed by atoms with Crippen molar-refractivity contribution in [3.63, 3.8) is 0 Å². The van der Waals surface area contributed by atoms with E-state index < -0.39 is 0 Å². The minimum atomic E-state index is 0.560. The predicted molar refractivity (Wildman–Crippen MR) is 81.0 cm³/mol. The minimum absolute atomic E-state index is 0.560. The summed E-state index contributed by atoms with van der Waals surface area (Å²) in [6, 6.07) is 2.75. The maximum atomic E-state index is 5.84. The summed E-state index contributed by atoms with van der Waals surface area (Å²) in [4.78, 5) is 2.54. The Morgan fingerprint density at radius 3 is 2.32 bits per heavy atom. The van der Waals surface area contributed by atoms with Gasteiger partial charge in [0.15, 0.2) is 0 Å². The van der Waals surface area contributed by atoms with Crippen LogP contribution in [-0.2, 0) is 13.1 Å². The molecular weight excluding hydrogens is 236 g/mol. The third kappa shape index (κ3) is 4.66. The second-order valence-electron chi connectivity index (χ2n) is 5.79. The highest BCUT2D eigenvalue weighted by Crippen LogP contribution is 2.20. The van der Waals surface area contributed by atoms with Gasteiger partial charge < -0.3 is 10.2 Å². The van der Waals surface area contributed by atoms with Crippen LogP contribution < -0.4 is 5.73 Å². The molecule has 0 atom stereocenters. The van der Waals surface area contributed by atoms with Gasteiger partial charge in [0, 0.05) is 24.7 Å². The number of furan rings is 1. The van der Waals surface area contributed by atoms with Gasteiger partial charge in [-0.15, -0.1) is 0 Å². The van der Waals surface area contributed by atoms with E-state index in [2.05, 4.69) is 38.7 Å². The highest BCUT2D eigenvalue weighted by Gasteiger charge is 2.18. The molecular formula is C16H30N2O. The molecule has 0 spiro atoms. The van der Waals surface area contributed by atoms with Gasteiger partial charge in [-0.1, -0.05) is 27.7 Å². The summed E-state index contributed by atoms with van der Waals surface area (Å²) in [5, 5.41) is 0. The zero-order valence-electron chi connectivity index (χ0n) is 13.2. The molecule has 0 fully saturated rings. The largest absolute Gasteiger partial charge is 0.465 e. The van der Waals surface area contributed by atoms with E-state index in [1.165, 1.54) is 12.8 Å². The van der Waals surface area contributed by atoms with E-state index in [9.17, 15) is 0 Å². The third-order valence-electron chi connectivity index (χ3n) is 3.71. The first kappa shape index (κ1) is 16.3. The van der Waals surface area contributed by atoms with Gasteiger partial charge in [-0.3, -0.25) is 4.90 Å². The van der Waals surface area contributed by atoms with Gasteiger partial charge in [0.2, 0.25) is 0 Å². The Balaban J connectivity index is 2.80. The number of rotatable bonds is 8. The first-order valence-corrected chi connectivity index (χ1v) is 7.54. The van der Waals surface area contributed by atoms with Crippen molar-refractivity contribution in [2.45, 2.75) is 66.6 Å². The average molecular weight is 266 g/mol. The molecule has 2 N–H and O–H groups in total. The van der Waals surface area contributed by atoms with E-state index in [0.29, 0.717) is 18.5 Å². The summed E-state index contributed by atoms with van der Waals surface area (Å²) in [5.41, 5.74) is 6.84. The quantitative estimate of drug-likeness (QED) is 0.780. The van der Waals surface area contributed by atoms with Crippen molar-refractivity contribution >= 4 is 0 Å². The normalized spacial score (nSPS) is 12.1. The van der Waals surface area contributed by atoms with Gasteiger partial charge in [-0.2, -0.15) is 0 Å². The Hall–Kier alpha value is -0.800. The summed E-state index contributed by atoms with van der Waals surface area (Å²) in [6.45, 7) is 13.6. The maximum Gasteiger partial charge on any atom is 0.118 e. The molecule has 1 aromatic rings. The maximum absolute atomic E-state index is 5.84. The van der Waals surface area contributed by atoms with Gasteiger partial charge in [0.05, 0.1) is 6.54 Å². The van der Waals surface area contributed by atoms with Crippen LogP contribution in [0.4, 0.5) is 0 Å². The standard InChI is InChI=1S/C16H30N2O/c1-6-15(7-2)18(10-12(3)4)11-16-8-14(9-17)13(5)19-16/h8,12,15H,6-7,9-11,17H2,1-5H3. The van der Waals surface area contributed by atoms with Crippen molar-refractivity contribution in [2.24, 2.45) is 11.7 Å². The molecule has 3 nitrogen and oxygen atoms in total. The Morgan fingerprint density at radius 1 is 1.26 bits per heavy atom. The first-order valence-electron chi connectivity index (χ1n) is 7.54. The molecule has 0 saturated heterocycles. The van der Waals surface area contributed by atoms with E-state index in [1.807, 2.05) is 6.92 Å². The van der Waals surface area contributed by atoms with Crippen LogP contribution in [0.3, 0.4) is 0 Å². The van der Waals surface area contributed by atoms with Crippen LogP contribution in [-0.4, -0.2) is 17.5 Å². The molecule has 3 heteroatoms. The molecule has 19 heavy (non-hydrogen) atoms. The van der Waals surface area contributed by atoms with Crippen LogP contribution in [0.25, 0.3) is 0 Å². The van der Waals surface area contributed by atoms with E-state index >= 15 is 0 Å². The van der Waals surface area contributed by atoms with E-state index in [-0.39, 0.29) is 0 Å². The van der Waals surface area contributed by atoms with Gasteiger partial charge in [0.1, 0.15) is 11.5 Å². The second-order valence-corrected chi connectivity index (χ2v) is 5.79. The number of hydrogen-bond donors (Lipinski definition) is 1. The van der Waals surface area contributed by atoms with Crippen molar-refractivity contribution in [1.82, 2.24) is 4.90 Å². The second kappa shape index (κ2) is 7.71. The predicted octanol–water partition coefficient (Wildman–Crippen LogP) is 3.69. The van der Waals surface area contributed by atoms with Crippen molar-refractivity contribution < 1.29 is 4.42 Å². The Kier molecular flexibility index (Phi) is 6.59. The molecule has 0 bridgehead atoms. The van der Waals surface area contributed by atoms with Crippen molar-refractivity contribution in [3.05, 3.63) is 23.2 Å². The molecule has 0 aliphatic heterocycles. The van der Waals surface area contributed by atoms with E-state index in [0.717, 1.165) is 30.2 Å². The number of nitrogens with two attached hydrogens (primary N) is 1. The number of nitrogens with zero attached hydrogens (tertiary/aromatic N) is 1. The van der Waals surface area contributed by atoms with Crippen LogP contribution in [0, 0.1) is 12.8 Å². The fourth-order valence-corrected chi connectivity index (χ4v) is 2.69. The molecule has 0 saturated carbocycles. The number of aryl methyl sites for hydroxylation is 1. The summed E-state index contributed by atoms with van der Waals surface area (Å²) in [7, 11) is 0. The minimum Gasteiger partial charge on any atom is -0.465 e. The van der Waals surface area contributed by atoms with Crippen LogP contribution >= 0.6 is 0 Å². The SMILES string of the molecule is CCC(CC)N(Cc1cc(CN)c(C)o1)CC(C)C. The highest BCUT2D eigenvalue weighted by molar-refractivity contribution is 5.20. The van der Waals surface area contributed by atoms with Crippen LogP contribution in [0.2, 0.25) is 0 Å². The Morgan fingerprint density at radius 2 is 1.89 bits per heavy atom. The zero-order valence-corrected chi connectivity index (χ0v) is 13.2. The van der Waals surface area contributed by atoms with Crippen molar-refractivity contribution in [3.8, 4) is 0 Å². The van der Waals surface area contributed by atoms with Gasteiger partial charge >= 0.3 is 0 Å². The van der Waals surface area contributed by atoms with Crippen LogP contribution in [0.1, 0.15) is 57.6 Å². The first-order chi connectivity index (χ1) is 9.01. The smallest absolute Gasteiger partial charge is 0.118 e. The van der Waals surface area contributed by atoms with Gasteiger partial charge in [0.25, 0.3) is 0 Å². The monoisotopic (exact) mass is 266 g/mol. The van der Waals surface area contributed by atoms with Crippen molar-refractivity contribution in [2.75, 3.05) is 6.54 Å². The molecule has 0 amide bonds. The lowest BCUT2D eigenvalue weighted by atomic mass is 10.1. The lowest BCUT2D eigenvalue weighted by Crippen LogP contribution is -2.36. The third-order valence-corrected chi connectivity index (χ3v) is 3.71. The Bertz CT molecular complexity index is 367. The van der Waals surface area contributed by atoms with Gasteiger partial charge in [-0.05, 0) is 31.7 Å². The summed E-state index contributed by atoms with van der Waals surface area (Å²) in [5.74, 6) is 2.68. The summed E-state index contributed by atoms with van der Waals surface area (Å²) >= 11 is 0. The molecule has 0 aromatic carbocycles. The lowest BCUT2D eigenvalue weighted by molar-refractivity contribution is 0.145. The summed E-state index contributed by atoms with van der Waals surface area (Å²) in [6.07, 6.45) is 2.37. The number of hydrogen-bond acceptors (Lipinski definition) is 3. The van der Waals surface area contributed by atoms with E-state index in [4.69, 9.17) is 10.2 Å². The molecule has 0 aliphatic carbocycles. The molecule has 1 aromatic heterocycles. The highest BCUT2D eigenvalue weighted by atomic mass is 16.3. The van der Waals surface area contributed by atoms with E-state index in [1.54, 1.807) is 0 Å². The van der Waals surface area contributed by atoms with Gasteiger partial charge in [-0.25, -0.2) is 0 Å². The molecule has 0 unspecified atom stereocenters. The fourth-order valence-electron chi connectivity index (χ4n) is 2.69. The molecule has 1 rings (SSSR count). The molecule has 0 aliphatic rings. The van der Waals surface area contributed by atoms with Crippen LogP contribution in [0.5, 0.6) is 0 Å². The topological polar surface area (TPSA) is 42.4 Å². The van der Waals surface area contributed by atoms with Crippen LogP contribution in [0.15, 0.2) is 10.5 Å². The Labute approximate surface area is 118 Å². The summed E-state index contributed by atoms with van der Waals surface area (Å²) < 4.78 is 5.84. The molecule has 0 radical (unpaired) electrons. The molecule has 1 heterocycles. The molecule has 110 valence electrons. The zero-order chi connectivity index (χ0) is 14.4. The average Bonchev–Trinajstić information content (AvgIpc) is 2.70. The lowest BCUT2D eigenvalue weighted by Gasteiger charge is -2.31. The fraction of sp³-hybridized carbons (Fsp3) is 0.750.